The molecule has 0 fully saturated rings. The summed E-state index contributed by atoms with van der Waals surface area (Å²) in [5.74, 6) is 0.478. The first-order valence-electron chi connectivity index (χ1n) is 8.11. The predicted octanol–water partition coefficient (Wildman–Crippen LogP) is 3.73. The van der Waals surface area contributed by atoms with Crippen LogP contribution < -0.4 is 10.5 Å². The second kappa shape index (κ2) is 8.33. The maximum absolute atomic E-state index is 11.4. The van der Waals surface area contributed by atoms with Crippen molar-refractivity contribution >= 4 is 11.7 Å². The molecule has 2 aromatic rings. The summed E-state index contributed by atoms with van der Waals surface area (Å²) in [7, 11) is 2.96. The quantitative estimate of drug-likeness (QED) is 0.472. The van der Waals surface area contributed by atoms with E-state index in [1.165, 1.54) is 7.11 Å². The number of carbonyl (C=O) groups is 1. The average Bonchev–Trinajstić information content (AvgIpc) is 2.61. The Bertz CT molecular complexity index is 772. The average molecular weight is 340 g/mol. The Morgan fingerprint density at radius 2 is 2.08 bits per heavy atom. The van der Waals surface area contributed by atoms with E-state index in [9.17, 15) is 4.79 Å². The number of carbonyl (C=O) groups excluding carboxylic acids is 1. The Morgan fingerprint density at radius 3 is 2.68 bits per heavy atom. The number of hydrogen-bond acceptors (Lipinski definition) is 5. The summed E-state index contributed by atoms with van der Waals surface area (Å²) in [6.45, 7) is 5.88. The number of rotatable bonds is 7. The molecule has 0 aliphatic carbocycles. The molecule has 0 aliphatic rings. The number of benzene rings is 1. The molecule has 2 N–H and O–H groups in total. The van der Waals surface area contributed by atoms with Crippen LogP contribution in [0, 0.1) is 0 Å². The highest BCUT2D eigenvalue weighted by atomic mass is 16.5. The molecule has 5 nitrogen and oxygen atoms in total. The van der Waals surface area contributed by atoms with Crippen LogP contribution in [0.2, 0.25) is 0 Å². The number of hydrogen-bond donors (Lipinski definition) is 1. The zero-order chi connectivity index (χ0) is 18.4. The Hall–Kier alpha value is -2.82. The smallest absolute Gasteiger partial charge is 0.309 e. The minimum atomic E-state index is -0.293. The number of esters is 1. The molecule has 0 aliphatic heterocycles. The van der Waals surface area contributed by atoms with Crippen LogP contribution in [0.1, 0.15) is 30.5 Å². The van der Waals surface area contributed by atoms with Gasteiger partial charge in [0, 0.05) is 28.9 Å². The number of aromatic nitrogens is 1. The third-order valence-corrected chi connectivity index (χ3v) is 4.06. The van der Waals surface area contributed by atoms with Crippen molar-refractivity contribution in [1.29, 1.82) is 0 Å². The zero-order valence-electron chi connectivity index (χ0n) is 14.9. The molecule has 132 valence electrons. The minimum absolute atomic E-state index is 0.197. The predicted molar refractivity (Wildman–Crippen MR) is 99.6 cm³/mol. The van der Waals surface area contributed by atoms with Gasteiger partial charge in [-0.25, -0.2) is 4.98 Å². The topological polar surface area (TPSA) is 74.4 Å². The van der Waals surface area contributed by atoms with Crippen molar-refractivity contribution in [1.82, 2.24) is 4.98 Å². The van der Waals surface area contributed by atoms with E-state index in [1.807, 2.05) is 30.3 Å². The standard InChI is InChI=1S/C20H24N2O3/c1-5-6-13(2)18-11-15(12-19(22-18)24-3)16-8-7-14(9-17(16)21)10-20(23)25-4/h5,7-9,11-13H,1,6,10,21H2,2-4H3/t13-/m0/s1. The Morgan fingerprint density at radius 1 is 1.32 bits per heavy atom. The largest absolute Gasteiger partial charge is 0.481 e. The van der Waals surface area contributed by atoms with Crippen LogP contribution in [-0.4, -0.2) is 25.2 Å². The van der Waals surface area contributed by atoms with Crippen molar-refractivity contribution < 1.29 is 14.3 Å². The maximum Gasteiger partial charge on any atom is 0.309 e. The van der Waals surface area contributed by atoms with Crippen LogP contribution in [0.3, 0.4) is 0 Å². The first-order chi connectivity index (χ1) is 12.0. The molecule has 0 saturated heterocycles. The molecule has 0 spiro atoms. The molecule has 0 amide bonds. The summed E-state index contributed by atoms with van der Waals surface area (Å²) >= 11 is 0. The molecule has 1 aromatic heterocycles. The van der Waals surface area contributed by atoms with Gasteiger partial charge in [0.25, 0.3) is 0 Å². The van der Waals surface area contributed by atoms with Crippen LogP contribution in [-0.2, 0) is 16.0 Å². The van der Waals surface area contributed by atoms with E-state index in [1.54, 1.807) is 13.2 Å². The highest BCUT2D eigenvalue weighted by Crippen LogP contribution is 2.32. The van der Waals surface area contributed by atoms with Gasteiger partial charge in [-0.3, -0.25) is 4.79 Å². The fraction of sp³-hybridized carbons (Fsp3) is 0.300. The second-order valence-corrected chi connectivity index (χ2v) is 5.92. The van der Waals surface area contributed by atoms with E-state index in [-0.39, 0.29) is 18.3 Å². The van der Waals surface area contributed by atoms with Gasteiger partial charge in [-0.2, -0.15) is 0 Å². The lowest BCUT2D eigenvalue weighted by atomic mass is 9.97. The van der Waals surface area contributed by atoms with Crippen LogP contribution in [0.5, 0.6) is 5.88 Å². The highest BCUT2D eigenvalue weighted by Gasteiger charge is 2.13. The van der Waals surface area contributed by atoms with E-state index in [0.29, 0.717) is 11.6 Å². The molecule has 0 saturated carbocycles. The first kappa shape index (κ1) is 18.5. The molecule has 1 heterocycles. The zero-order valence-corrected chi connectivity index (χ0v) is 14.9. The number of allylic oxidation sites excluding steroid dienone is 1. The monoisotopic (exact) mass is 340 g/mol. The normalized spacial score (nSPS) is 11.6. The van der Waals surface area contributed by atoms with Gasteiger partial charge in [0.05, 0.1) is 20.6 Å². The number of nitrogens with zero attached hydrogens (tertiary/aromatic N) is 1. The Balaban J connectivity index is 2.41. The van der Waals surface area contributed by atoms with E-state index in [4.69, 9.17) is 15.2 Å². The SMILES string of the molecule is C=CC[C@H](C)c1cc(-c2ccc(CC(=O)OC)cc2N)cc(OC)n1. The van der Waals surface area contributed by atoms with E-state index in [0.717, 1.165) is 28.8 Å². The van der Waals surface area contributed by atoms with Gasteiger partial charge < -0.3 is 15.2 Å². The van der Waals surface area contributed by atoms with Crippen LogP contribution >= 0.6 is 0 Å². The molecule has 2 rings (SSSR count). The molecule has 25 heavy (non-hydrogen) atoms. The Labute approximate surface area is 148 Å². The maximum atomic E-state index is 11.4. The third-order valence-electron chi connectivity index (χ3n) is 4.06. The van der Waals surface area contributed by atoms with Crippen molar-refractivity contribution in [3.8, 4) is 17.0 Å². The fourth-order valence-electron chi connectivity index (χ4n) is 2.63. The lowest BCUT2D eigenvalue weighted by Crippen LogP contribution is -2.05. The fourth-order valence-corrected chi connectivity index (χ4v) is 2.63. The number of nitrogens with two attached hydrogens (primary N) is 1. The molecule has 0 unspecified atom stereocenters. The molecule has 5 heteroatoms. The minimum Gasteiger partial charge on any atom is -0.481 e. The number of pyridine rings is 1. The van der Waals surface area contributed by atoms with Crippen LogP contribution in [0.25, 0.3) is 11.1 Å². The van der Waals surface area contributed by atoms with Crippen molar-refractivity contribution in [2.45, 2.75) is 25.7 Å². The number of methoxy groups -OCH3 is 2. The first-order valence-corrected chi connectivity index (χ1v) is 8.11. The summed E-state index contributed by atoms with van der Waals surface area (Å²) in [6.07, 6.45) is 2.90. The van der Waals surface area contributed by atoms with Crippen molar-refractivity contribution in [2.75, 3.05) is 20.0 Å². The van der Waals surface area contributed by atoms with E-state index < -0.39 is 0 Å². The van der Waals surface area contributed by atoms with Gasteiger partial charge >= 0.3 is 5.97 Å². The Kier molecular flexibility index (Phi) is 6.17. The van der Waals surface area contributed by atoms with Gasteiger partial charge in [0.1, 0.15) is 0 Å². The molecule has 1 aromatic carbocycles. The summed E-state index contributed by atoms with van der Waals surface area (Å²) in [6, 6.07) is 9.46. The van der Waals surface area contributed by atoms with Gasteiger partial charge in [-0.1, -0.05) is 25.1 Å². The van der Waals surface area contributed by atoms with Gasteiger partial charge in [0.15, 0.2) is 0 Å². The molecule has 0 bridgehead atoms. The second-order valence-electron chi connectivity index (χ2n) is 5.92. The highest BCUT2D eigenvalue weighted by molar-refractivity contribution is 5.79. The molecule has 1 atom stereocenters. The van der Waals surface area contributed by atoms with Gasteiger partial charge in [-0.05, 0) is 29.7 Å². The lowest BCUT2D eigenvalue weighted by molar-refractivity contribution is -0.139. The van der Waals surface area contributed by atoms with Crippen LogP contribution in [0.4, 0.5) is 5.69 Å². The van der Waals surface area contributed by atoms with Crippen LogP contribution in [0.15, 0.2) is 43.0 Å². The van der Waals surface area contributed by atoms with Crippen molar-refractivity contribution in [2.24, 2.45) is 0 Å². The molecular formula is C20H24N2O3. The molecular weight excluding hydrogens is 316 g/mol. The third kappa shape index (κ3) is 4.59. The number of nitrogen functional groups attached to an aromatic ring is 1. The van der Waals surface area contributed by atoms with E-state index >= 15 is 0 Å². The summed E-state index contributed by atoms with van der Waals surface area (Å²) in [4.78, 5) is 15.9. The van der Waals surface area contributed by atoms with Gasteiger partial charge in [0.2, 0.25) is 5.88 Å². The summed E-state index contributed by atoms with van der Waals surface area (Å²) < 4.78 is 10.0. The lowest BCUT2D eigenvalue weighted by Gasteiger charge is -2.14. The molecule has 0 radical (unpaired) electrons. The van der Waals surface area contributed by atoms with Crippen molar-refractivity contribution in [3.05, 3.63) is 54.2 Å². The summed E-state index contributed by atoms with van der Waals surface area (Å²) in [5, 5.41) is 0. The number of anilines is 1. The summed E-state index contributed by atoms with van der Waals surface area (Å²) in [5.41, 5.74) is 10.4. The van der Waals surface area contributed by atoms with Crippen molar-refractivity contribution in [3.63, 3.8) is 0 Å². The van der Waals surface area contributed by atoms with E-state index in [2.05, 4.69) is 18.5 Å². The number of ether oxygens (including phenoxy) is 2. The van der Waals surface area contributed by atoms with Gasteiger partial charge in [-0.15, -0.1) is 6.58 Å².